The molecule has 2 rings (SSSR count). The summed E-state index contributed by atoms with van der Waals surface area (Å²) in [5.74, 6) is -0.210. The molecule has 0 amide bonds. The van der Waals surface area contributed by atoms with E-state index in [1.807, 2.05) is 30.3 Å². The van der Waals surface area contributed by atoms with Gasteiger partial charge in [-0.2, -0.15) is 0 Å². The van der Waals surface area contributed by atoms with Crippen molar-refractivity contribution in [2.45, 2.75) is 19.0 Å². The number of hydrogen-bond acceptors (Lipinski definition) is 3. The first-order chi connectivity index (χ1) is 10.1. The van der Waals surface area contributed by atoms with Gasteiger partial charge in [0.1, 0.15) is 11.3 Å². The van der Waals surface area contributed by atoms with E-state index in [4.69, 9.17) is 4.74 Å². The SMILES string of the molecule is COc1ccc(C(C)(NCc2ccccc2)C(=O)O)cc1. The van der Waals surface area contributed by atoms with Crippen molar-refractivity contribution in [1.82, 2.24) is 5.32 Å². The second kappa shape index (κ2) is 6.41. The van der Waals surface area contributed by atoms with Crippen molar-refractivity contribution < 1.29 is 14.6 Å². The highest BCUT2D eigenvalue weighted by atomic mass is 16.5. The molecule has 0 saturated carbocycles. The largest absolute Gasteiger partial charge is 0.497 e. The van der Waals surface area contributed by atoms with Crippen LogP contribution >= 0.6 is 0 Å². The second-order valence-electron chi connectivity index (χ2n) is 5.00. The van der Waals surface area contributed by atoms with Crippen molar-refractivity contribution in [2.75, 3.05) is 7.11 Å². The van der Waals surface area contributed by atoms with E-state index in [1.165, 1.54) is 0 Å². The van der Waals surface area contributed by atoms with Gasteiger partial charge in [-0.1, -0.05) is 42.5 Å². The Morgan fingerprint density at radius 2 is 1.76 bits per heavy atom. The van der Waals surface area contributed by atoms with Crippen LogP contribution in [0.25, 0.3) is 0 Å². The van der Waals surface area contributed by atoms with E-state index in [9.17, 15) is 9.90 Å². The predicted molar refractivity (Wildman–Crippen MR) is 81.3 cm³/mol. The highest BCUT2D eigenvalue weighted by molar-refractivity contribution is 5.80. The molecule has 0 aromatic heterocycles. The number of carboxylic acid groups (broad SMARTS) is 1. The van der Waals surface area contributed by atoms with Crippen LogP contribution < -0.4 is 10.1 Å². The first-order valence-electron chi connectivity index (χ1n) is 6.73. The molecule has 0 spiro atoms. The number of rotatable bonds is 6. The third-order valence-electron chi connectivity index (χ3n) is 3.58. The predicted octanol–water partition coefficient (Wildman–Crippen LogP) is 2.78. The molecule has 0 fully saturated rings. The molecule has 2 N–H and O–H groups in total. The fourth-order valence-corrected chi connectivity index (χ4v) is 2.10. The molecular weight excluding hydrogens is 266 g/mol. The smallest absolute Gasteiger partial charge is 0.328 e. The molecule has 4 nitrogen and oxygen atoms in total. The molecule has 0 aliphatic heterocycles. The highest BCUT2D eigenvalue weighted by Gasteiger charge is 2.34. The number of carboxylic acids is 1. The van der Waals surface area contributed by atoms with Crippen molar-refractivity contribution >= 4 is 5.97 Å². The van der Waals surface area contributed by atoms with Crippen LogP contribution in [0, 0.1) is 0 Å². The Kier molecular flexibility index (Phi) is 4.60. The molecule has 0 saturated heterocycles. The molecular formula is C17H19NO3. The number of ether oxygens (including phenoxy) is 1. The Bertz CT molecular complexity index is 595. The van der Waals surface area contributed by atoms with Crippen LogP contribution in [0.2, 0.25) is 0 Å². The van der Waals surface area contributed by atoms with Gasteiger partial charge in [-0.25, -0.2) is 4.79 Å². The molecule has 0 aliphatic carbocycles. The molecule has 0 radical (unpaired) electrons. The zero-order valence-electron chi connectivity index (χ0n) is 12.2. The lowest BCUT2D eigenvalue weighted by Crippen LogP contribution is -2.46. The van der Waals surface area contributed by atoms with Gasteiger partial charge in [0.2, 0.25) is 0 Å². The molecule has 0 bridgehead atoms. The van der Waals surface area contributed by atoms with Gasteiger partial charge in [-0.15, -0.1) is 0 Å². The maximum absolute atomic E-state index is 11.7. The van der Waals surface area contributed by atoms with Gasteiger partial charge in [-0.3, -0.25) is 5.32 Å². The van der Waals surface area contributed by atoms with Crippen molar-refractivity contribution in [2.24, 2.45) is 0 Å². The first kappa shape index (κ1) is 15.1. The Morgan fingerprint density at radius 1 is 1.14 bits per heavy atom. The molecule has 0 heterocycles. The average molecular weight is 285 g/mol. The Morgan fingerprint density at radius 3 is 2.29 bits per heavy atom. The van der Waals surface area contributed by atoms with Gasteiger partial charge in [0.05, 0.1) is 7.11 Å². The molecule has 2 aromatic rings. The summed E-state index contributed by atoms with van der Waals surface area (Å²) >= 11 is 0. The van der Waals surface area contributed by atoms with E-state index in [1.54, 1.807) is 38.3 Å². The number of nitrogens with one attached hydrogen (secondary N) is 1. The minimum atomic E-state index is -1.15. The lowest BCUT2D eigenvalue weighted by Gasteiger charge is -2.27. The van der Waals surface area contributed by atoms with Crippen LogP contribution in [-0.2, 0) is 16.9 Å². The average Bonchev–Trinajstić information content (AvgIpc) is 2.53. The monoisotopic (exact) mass is 285 g/mol. The highest BCUT2D eigenvalue weighted by Crippen LogP contribution is 2.24. The summed E-state index contributed by atoms with van der Waals surface area (Å²) in [6.45, 7) is 2.15. The third-order valence-corrected chi connectivity index (χ3v) is 3.58. The van der Waals surface area contributed by atoms with E-state index in [0.29, 0.717) is 17.9 Å². The van der Waals surface area contributed by atoms with Crippen LogP contribution in [-0.4, -0.2) is 18.2 Å². The van der Waals surface area contributed by atoms with Crippen molar-refractivity contribution in [3.05, 3.63) is 65.7 Å². The molecule has 110 valence electrons. The zero-order valence-corrected chi connectivity index (χ0v) is 12.2. The minimum absolute atomic E-state index is 0.482. The molecule has 4 heteroatoms. The molecule has 21 heavy (non-hydrogen) atoms. The molecule has 2 aromatic carbocycles. The molecule has 1 atom stereocenters. The third kappa shape index (κ3) is 3.41. The number of benzene rings is 2. The van der Waals surface area contributed by atoms with E-state index in [-0.39, 0.29) is 0 Å². The number of methoxy groups -OCH3 is 1. The van der Waals surface area contributed by atoms with E-state index < -0.39 is 11.5 Å². The van der Waals surface area contributed by atoms with Crippen LogP contribution in [0.4, 0.5) is 0 Å². The molecule has 1 unspecified atom stereocenters. The second-order valence-corrected chi connectivity index (χ2v) is 5.00. The number of carbonyl (C=O) groups is 1. The van der Waals surface area contributed by atoms with Gasteiger partial charge in [0.25, 0.3) is 0 Å². The van der Waals surface area contributed by atoms with Crippen LogP contribution in [0.15, 0.2) is 54.6 Å². The standard InChI is InChI=1S/C17H19NO3/c1-17(16(19)20,14-8-10-15(21-2)11-9-14)18-12-13-6-4-3-5-7-13/h3-11,18H,12H2,1-2H3,(H,19,20). The first-order valence-corrected chi connectivity index (χ1v) is 6.73. The Balaban J connectivity index is 2.21. The Labute approximate surface area is 124 Å². The van der Waals surface area contributed by atoms with Gasteiger partial charge < -0.3 is 9.84 Å². The summed E-state index contributed by atoms with van der Waals surface area (Å²) in [6, 6.07) is 16.8. The van der Waals surface area contributed by atoms with Gasteiger partial charge in [0, 0.05) is 6.54 Å². The summed E-state index contributed by atoms with van der Waals surface area (Å²) in [5.41, 5.74) is 0.576. The summed E-state index contributed by atoms with van der Waals surface area (Å²) in [6.07, 6.45) is 0. The lowest BCUT2D eigenvalue weighted by atomic mass is 9.91. The van der Waals surface area contributed by atoms with Crippen LogP contribution in [0.5, 0.6) is 5.75 Å². The fraction of sp³-hybridized carbons (Fsp3) is 0.235. The normalized spacial score (nSPS) is 13.4. The quantitative estimate of drug-likeness (QED) is 0.857. The summed E-state index contributed by atoms with van der Waals surface area (Å²) in [7, 11) is 1.58. The van der Waals surface area contributed by atoms with Crippen LogP contribution in [0.3, 0.4) is 0 Å². The van der Waals surface area contributed by atoms with Crippen molar-refractivity contribution in [3.8, 4) is 5.75 Å². The molecule has 0 aliphatic rings. The maximum Gasteiger partial charge on any atom is 0.328 e. The van der Waals surface area contributed by atoms with E-state index in [0.717, 1.165) is 5.56 Å². The maximum atomic E-state index is 11.7. The number of aliphatic carboxylic acids is 1. The number of hydrogen-bond donors (Lipinski definition) is 2. The van der Waals surface area contributed by atoms with E-state index >= 15 is 0 Å². The van der Waals surface area contributed by atoms with Gasteiger partial charge >= 0.3 is 5.97 Å². The zero-order chi connectivity index (χ0) is 15.3. The van der Waals surface area contributed by atoms with E-state index in [2.05, 4.69) is 5.32 Å². The summed E-state index contributed by atoms with van der Waals surface area (Å²) in [4.78, 5) is 11.7. The van der Waals surface area contributed by atoms with Gasteiger partial charge in [0.15, 0.2) is 0 Å². The van der Waals surface area contributed by atoms with Gasteiger partial charge in [-0.05, 0) is 30.2 Å². The van der Waals surface area contributed by atoms with Crippen molar-refractivity contribution in [1.29, 1.82) is 0 Å². The van der Waals surface area contributed by atoms with Crippen LogP contribution in [0.1, 0.15) is 18.1 Å². The summed E-state index contributed by atoms with van der Waals surface area (Å²) in [5, 5.41) is 12.7. The lowest BCUT2D eigenvalue weighted by molar-refractivity contribution is -0.144. The topological polar surface area (TPSA) is 58.6 Å². The Hall–Kier alpha value is -2.33. The van der Waals surface area contributed by atoms with Crippen molar-refractivity contribution in [3.63, 3.8) is 0 Å². The fourth-order valence-electron chi connectivity index (χ4n) is 2.10. The minimum Gasteiger partial charge on any atom is -0.497 e. The summed E-state index contributed by atoms with van der Waals surface area (Å²) < 4.78 is 5.10.